The van der Waals surface area contributed by atoms with Crippen LogP contribution in [-0.2, 0) is 4.79 Å². The summed E-state index contributed by atoms with van der Waals surface area (Å²) >= 11 is 1.25. The van der Waals surface area contributed by atoms with Crippen molar-refractivity contribution in [2.24, 2.45) is 5.92 Å². The lowest BCUT2D eigenvalue weighted by molar-refractivity contribution is -0.143. The predicted molar refractivity (Wildman–Crippen MR) is 63.1 cm³/mol. The highest BCUT2D eigenvalue weighted by molar-refractivity contribution is 7.03. The predicted octanol–water partition coefficient (Wildman–Crippen LogP) is 1.39. The quantitative estimate of drug-likeness (QED) is 0.865. The molecule has 0 unspecified atom stereocenters. The van der Waals surface area contributed by atoms with Gasteiger partial charge in [-0.25, -0.2) is 0 Å². The van der Waals surface area contributed by atoms with Gasteiger partial charge >= 0.3 is 5.97 Å². The van der Waals surface area contributed by atoms with Gasteiger partial charge in [0.2, 0.25) is 0 Å². The molecule has 1 aliphatic rings. The van der Waals surface area contributed by atoms with Crippen molar-refractivity contribution in [1.82, 2.24) is 9.27 Å². The van der Waals surface area contributed by atoms with E-state index in [1.807, 2.05) is 0 Å². The Hall–Kier alpha value is -1.43. The molecule has 2 heterocycles. The molecule has 1 N–H and O–H groups in total. The summed E-state index contributed by atoms with van der Waals surface area (Å²) in [4.78, 5) is 24.7. The lowest BCUT2D eigenvalue weighted by Crippen LogP contribution is -2.42. The number of aromatic nitrogens is 1. The zero-order valence-corrected chi connectivity index (χ0v) is 10.4. The fourth-order valence-electron chi connectivity index (χ4n) is 2.03. The minimum Gasteiger partial charge on any atom is -0.481 e. The molecule has 0 bridgehead atoms. The Balaban J connectivity index is 2.10. The van der Waals surface area contributed by atoms with Crippen LogP contribution in [0, 0.1) is 12.8 Å². The molecular weight excluding hydrogens is 240 g/mol. The Morgan fingerprint density at radius 1 is 1.59 bits per heavy atom. The second kappa shape index (κ2) is 4.83. The number of carboxylic acids is 1. The first kappa shape index (κ1) is 12.0. The van der Waals surface area contributed by atoms with E-state index in [9.17, 15) is 9.59 Å². The van der Waals surface area contributed by atoms with Gasteiger partial charge in [0.15, 0.2) is 0 Å². The molecule has 1 amide bonds. The van der Waals surface area contributed by atoms with Crippen LogP contribution < -0.4 is 0 Å². The molecule has 1 aromatic heterocycles. The summed E-state index contributed by atoms with van der Waals surface area (Å²) in [6.45, 7) is 2.74. The van der Waals surface area contributed by atoms with E-state index in [-0.39, 0.29) is 5.91 Å². The normalized spacial score (nSPS) is 20.3. The van der Waals surface area contributed by atoms with Gasteiger partial charge in [0.25, 0.3) is 5.91 Å². The summed E-state index contributed by atoms with van der Waals surface area (Å²) < 4.78 is 4.06. The number of amides is 1. The van der Waals surface area contributed by atoms with Crippen molar-refractivity contribution in [3.8, 4) is 0 Å². The van der Waals surface area contributed by atoms with E-state index in [4.69, 9.17) is 5.11 Å². The zero-order chi connectivity index (χ0) is 12.4. The van der Waals surface area contributed by atoms with Crippen molar-refractivity contribution in [3.63, 3.8) is 0 Å². The molecule has 1 aliphatic heterocycles. The average Bonchev–Trinajstić information content (AvgIpc) is 2.74. The number of hydrogen-bond acceptors (Lipinski definition) is 4. The van der Waals surface area contributed by atoms with Crippen LogP contribution in [0.3, 0.4) is 0 Å². The summed E-state index contributed by atoms with van der Waals surface area (Å²) in [7, 11) is 0. The molecule has 0 radical (unpaired) electrons. The largest absolute Gasteiger partial charge is 0.481 e. The second-order valence-corrected chi connectivity index (χ2v) is 4.87. The molecule has 0 saturated carbocycles. The van der Waals surface area contributed by atoms with Gasteiger partial charge in [-0.15, -0.1) is 0 Å². The lowest BCUT2D eigenvalue weighted by Gasteiger charge is -2.30. The van der Waals surface area contributed by atoms with Crippen LogP contribution in [0.1, 0.15) is 28.9 Å². The smallest absolute Gasteiger partial charge is 0.308 e. The Kier molecular flexibility index (Phi) is 3.42. The van der Waals surface area contributed by atoms with Crippen LogP contribution in [0.5, 0.6) is 0 Å². The van der Waals surface area contributed by atoms with Crippen molar-refractivity contribution in [2.75, 3.05) is 13.1 Å². The van der Waals surface area contributed by atoms with E-state index in [1.54, 1.807) is 17.2 Å². The summed E-state index contributed by atoms with van der Waals surface area (Å²) in [5.74, 6) is -1.34. The summed E-state index contributed by atoms with van der Waals surface area (Å²) in [5, 5.41) is 10.7. The first-order valence-electron chi connectivity index (χ1n) is 5.52. The van der Waals surface area contributed by atoms with Crippen LogP contribution in [0.4, 0.5) is 0 Å². The number of aliphatic carboxylic acids is 1. The van der Waals surface area contributed by atoms with Crippen LogP contribution in [0.25, 0.3) is 0 Å². The lowest BCUT2D eigenvalue weighted by atomic mass is 9.98. The highest BCUT2D eigenvalue weighted by Gasteiger charge is 2.29. The van der Waals surface area contributed by atoms with Gasteiger partial charge < -0.3 is 10.0 Å². The Morgan fingerprint density at radius 3 is 2.94 bits per heavy atom. The minimum absolute atomic E-state index is 0.0952. The average molecular weight is 254 g/mol. The number of carboxylic acid groups (broad SMARTS) is 1. The standard InChI is InChI=1S/C11H14N2O3S/c1-7-9(6-17-12-7)10(14)13-4-2-3-8(5-13)11(15)16/h6,8H,2-5H2,1H3,(H,15,16)/t8-/m0/s1. The molecule has 1 atom stereocenters. The van der Waals surface area contributed by atoms with Crippen LogP contribution in [0.2, 0.25) is 0 Å². The van der Waals surface area contributed by atoms with Gasteiger partial charge in [0.05, 0.1) is 17.2 Å². The van der Waals surface area contributed by atoms with E-state index in [2.05, 4.69) is 4.37 Å². The summed E-state index contributed by atoms with van der Waals surface area (Å²) in [5.41, 5.74) is 1.32. The van der Waals surface area contributed by atoms with Gasteiger partial charge in [-0.1, -0.05) is 0 Å². The third-order valence-corrected chi connectivity index (χ3v) is 3.76. The molecule has 6 heteroatoms. The SMILES string of the molecule is Cc1nscc1C(=O)N1CCC[C@H](C(=O)O)C1. The molecule has 92 valence electrons. The van der Waals surface area contributed by atoms with Crippen molar-refractivity contribution >= 4 is 23.4 Å². The molecule has 0 aromatic carbocycles. The van der Waals surface area contributed by atoms with E-state index in [0.29, 0.717) is 25.1 Å². The second-order valence-electron chi connectivity index (χ2n) is 4.24. The number of carbonyl (C=O) groups excluding carboxylic acids is 1. The van der Waals surface area contributed by atoms with E-state index < -0.39 is 11.9 Å². The molecule has 1 fully saturated rings. The first-order valence-corrected chi connectivity index (χ1v) is 6.36. The summed E-state index contributed by atoms with van der Waals surface area (Å²) in [6.07, 6.45) is 1.40. The van der Waals surface area contributed by atoms with Crippen LogP contribution in [0.15, 0.2) is 5.38 Å². The van der Waals surface area contributed by atoms with Gasteiger partial charge in [-0.05, 0) is 31.3 Å². The zero-order valence-electron chi connectivity index (χ0n) is 9.55. The van der Waals surface area contributed by atoms with Crippen molar-refractivity contribution in [2.45, 2.75) is 19.8 Å². The first-order chi connectivity index (χ1) is 8.09. The van der Waals surface area contributed by atoms with Gasteiger partial charge in [-0.3, -0.25) is 9.59 Å². The van der Waals surface area contributed by atoms with Crippen molar-refractivity contribution in [1.29, 1.82) is 0 Å². The maximum absolute atomic E-state index is 12.1. The number of carbonyl (C=O) groups is 2. The maximum atomic E-state index is 12.1. The third kappa shape index (κ3) is 2.46. The molecule has 2 rings (SSSR count). The number of rotatable bonds is 2. The van der Waals surface area contributed by atoms with Gasteiger partial charge in [0, 0.05) is 18.5 Å². The molecule has 5 nitrogen and oxygen atoms in total. The molecule has 17 heavy (non-hydrogen) atoms. The maximum Gasteiger partial charge on any atom is 0.308 e. The fourth-order valence-corrected chi connectivity index (χ4v) is 2.72. The van der Waals surface area contributed by atoms with Crippen LogP contribution in [-0.4, -0.2) is 39.3 Å². The molecule has 0 aliphatic carbocycles. The van der Waals surface area contributed by atoms with E-state index >= 15 is 0 Å². The summed E-state index contributed by atoms with van der Waals surface area (Å²) in [6, 6.07) is 0. The highest BCUT2D eigenvalue weighted by Crippen LogP contribution is 2.20. The van der Waals surface area contributed by atoms with Gasteiger partial charge in [-0.2, -0.15) is 4.37 Å². The molecule has 0 spiro atoms. The number of hydrogen-bond donors (Lipinski definition) is 1. The molecule has 1 aromatic rings. The Labute approximate surface area is 103 Å². The molecule has 1 saturated heterocycles. The number of nitrogens with zero attached hydrogens (tertiary/aromatic N) is 2. The highest BCUT2D eigenvalue weighted by atomic mass is 32.1. The monoisotopic (exact) mass is 254 g/mol. The van der Waals surface area contributed by atoms with Crippen molar-refractivity contribution in [3.05, 3.63) is 16.6 Å². The topological polar surface area (TPSA) is 70.5 Å². The number of piperidine rings is 1. The van der Waals surface area contributed by atoms with E-state index in [1.165, 1.54) is 11.5 Å². The number of aryl methyl sites for hydroxylation is 1. The van der Waals surface area contributed by atoms with Crippen LogP contribution >= 0.6 is 11.5 Å². The Bertz CT molecular complexity index is 444. The fraction of sp³-hybridized carbons (Fsp3) is 0.545. The minimum atomic E-state index is -0.817. The Morgan fingerprint density at radius 2 is 2.35 bits per heavy atom. The van der Waals surface area contributed by atoms with E-state index in [0.717, 1.165) is 12.1 Å². The molecular formula is C11H14N2O3S. The number of likely N-dealkylation sites (tertiary alicyclic amines) is 1. The third-order valence-electron chi connectivity index (χ3n) is 3.04. The van der Waals surface area contributed by atoms with Crippen molar-refractivity contribution < 1.29 is 14.7 Å². The van der Waals surface area contributed by atoms with Gasteiger partial charge in [0.1, 0.15) is 0 Å².